The maximum absolute atomic E-state index is 11.9. The molecule has 3 amide bonds. The molecule has 1 fully saturated rings. The Morgan fingerprint density at radius 1 is 1.59 bits per heavy atom. The molecule has 0 bridgehead atoms. The number of anilines is 1. The highest BCUT2D eigenvalue weighted by molar-refractivity contribution is 5.91. The number of aromatic amines is 1. The maximum atomic E-state index is 11.9. The third kappa shape index (κ3) is 2.74. The van der Waals surface area contributed by atoms with Crippen LogP contribution in [0.25, 0.3) is 0 Å². The predicted molar refractivity (Wildman–Crippen MR) is 61.1 cm³/mol. The molecule has 0 aromatic carbocycles. The van der Waals surface area contributed by atoms with Crippen LogP contribution in [0.3, 0.4) is 0 Å². The molecular formula is C10H15N5O2. The number of carbonyl (C=O) groups is 2. The number of aromatic nitrogens is 2. The highest BCUT2D eigenvalue weighted by Crippen LogP contribution is 2.17. The van der Waals surface area contributed by atoms with Crippen molar-refractivity contribution in [1.29, 1.82) is 0 Å². The third-order valence-electron chi connectivity index (χ3n) is 2.84. The van der Waals surface area contributed by atoms with Crippen molar-refractivity contribution in [3.8, 4) is 0 Å². The number of nitrogens with two attached hydrogens (primary N) is 1. The number of hydrogen-bond donors (Lipinski definition) is 3. The van der Waals surface area contributed by atoms with Crippen molar-refractivity contribution in [2.75, 3.05) is 18.4 Å². The van der Waals surface area contributed by atoms with Gasteiger partial charge in [0.05, 0.1) is 5.92 Å². The highest BCUT2D eigenvalue weighted by atomic mass is 16.2. The summed E-state index contributed by atoms with van der Waals surface area (Å²) in [4.78, 5) is 31.1. The lowest BCUT2D eigenvalue weighted by Crippen LogP contribution is -2.46. The Hall–Kier alpha value is -2.05. The van der Waals surface area contributed by atoms with Gasteiger partial charge in [-0.1, -0.05) is 0 Å². The quantitative estimate of drug-likeness (QED) is 0.681. The number of amides is 3. The Labute approximate surface area is 98.4 Å². The summed E-state index contributed by atoms with van der Waals surface area (Å²) in [5.74, 6) is 0.0680. The Balaban J connectivity index is 1.93. The van der Waals surface area contributed by atoms with Crippen molar-refractivity contribution < 1.29 is 9.59 Å². The molecule has 4 N–H and O–H groups in total. The lowest BCUT2D eigenvalue weighted by molar-refractivity contribution is -0.121. The van der Waals surface area contributed by atoms with Gasteiger partial charge in [0.2, 0.25) is 11.9 Å². The molecule has 1 unspecified atom stereocenters. The summed E-state index contributed by atoms with van der Waals surface area (Å²) in [6, 6.07) is -0.472. The fourth-order valence-corrected chi connectivity index (χ4v) is 1.94. The van der Waals surface area contributed by atoms with Crippen LogP contribution < -0.4 is 11.1 Å². The highest BCUT2D eigenvalue weighted by Gasteiger charge is 2.27. The minimum Gasteiger partial charge on any atom is -0.351 e. The topological polar surface area (TPSA) is 104 Å². The first kappa shape index (κ1) is 11.4. The van der Waals surface area contributed by atoms with E-state index in [0.29, 0.717) is 19.0 Å². The molecule has 7 nitrogen and oxygen atoms in total. The molecule has 2 rings (SSSR count). The zero-order valence-corrected chi connectivity index (χ0v) is 9.35. The lowest BCUT2D eigenvalue weighted by atomic mass is 9.97. The van der Waals surface area contributed by atoms with E-state index in [1.807, 2.05) is 0 Å². The average Bonchev–Trinajstić information content (AvgIpc) is 2.82. The zero-order valence-electron chi connectivity index (χ0n) is 9.35. The van der Waals surface area contributed by atoms with Gasteiger partial charge in [-0.2, -0.15) is 0 Å². The van der Waals surface area contributed by atoms with Crippen LogP contribution in [0, 0.1) is 5.92 Å². The van der Waals surface area contributed by atoms with Crippen molar-refractivity contribution in [1.82, 2.24) is 14.9 Å². The first-order chi connectivity index (χ1) is 8.16. The smallest absolute Gasteiger partial charge is 0.314 e. The van der Waals surface area contributed by atoms with E-state index in [9.17, 15) is 9.59 Å². The Bertz CT molecular complexity index is 403. The first-order valence-corrected chi connectivity index (χ1v) is 5.51. The van der Waals surface area contributed by atoms with Gasteiger partial charge < -0.3 is 15.6 Å². The minimum absolute atomic E-state index is 0.133. The predicted octanol–water partition coefficient (Wildman–Crippen LogP) is 0.139. The van der Waals surface area contributed by atoms with Gasteiger partial charge >= 0.3 is 6.03 Å². The number of likely N-dealkylation sites (tertiary alicyclic amines) is 1. The van der Waals surface area contributed by atoms with Gasteiger partial charge in [-0.25, -0.2) is 9.78 Å². The van der Waals surface area contributed by atoms with Crippen molar-refractivity contribution in [2.24, 2.45) is 11.7 Å². The van der Waals surface area contributed by atoms with Crippen molar-refractivity contribution in [2.45, 2.75) is 12.8 Å². The second-order valence-corrected chi connectivity index (χ2v) is 4.05. The number of imidazole rings is 1. The van der Waals surface area contributed by atoms with Crippen LogP contribution in [0.15, 0.2) is 12.4 Å². The normalized spacial score (nSPS) is 20.0. The summed E-state index contributed by atoms with van der Waals surface area (Å²) in [7, 11) is 0. The Morgan fingerprint density at radius 3 is 3.06 bits per heavy atom. The van der Waals surface area contributed by atoms with Gasteiger partial charge in [-0.05, 0) is 12.8 Å². The van der Waals surface area contributed by atoms with Crippen LogP contribution in [0.5, 0.6) is 0 Å². The minimum atomic E-state index is -0.472. The number of rotatable bonds is 2. The number of urea groups is 1. The molecule has 1 aliphatic rings. The van der Waals surface area contributed by atoms with Gasteiger partial charge in [0.1, 0.15) is 0 Å². The summed E-state index contributed by atoms with van der Waals surface area (Å²) in [5.41, 5.74) is 5.20. The molecule has 7 heteroatoms. The van der Waals surface area contributed by atoms with E-state index >= 15 is 0 Å². The fraction of sp³-hybridized carbons (Fsp3) is 0.500. The van der Waals surface area contributed by atoms with Crippen LogP contribution >= 0.6 is 0 Å². The summed E-state index contributed by atoms with van der Waals surface area (Å²) < 4.78 is 0. The van der Waals surface area contributed by atoms with E-state index in [4.69, 9.17) is 5.73 Å². The van der Waals surface area contributed by atoms with Crippen molar-refractivity contribution in [3.05, 3.63) is 12.4 Å². The Kier molecular flexibility index (Phi) is 3.27. The SMILES string of the molecule is NC(=O)N1CCCC(C(=O)Nc2ncc[nH]2)C1. The molecule has 92 valence electrons. The van der Waals surface area contributed by atoms with E-state index in [-0.39, 0.29) is 11.8 Å². The fourth-order valence-electron chi connectivity index (χ4n) is 1.94. The van der Waals surface area contributed by atoms with Crippen LogP contribution in [-0.2, 0) is 4.79 Å². The van der Waals surface area contributed by atoms with Crippen LogP contribution in [0.4, 0.5) is 10.7 Å². The molecule has 1 aromatic rings. The van der Waals surface area contributed by atoms with Gasteiger partial charge in [0.25, 0.3) is 0 Å². The van der Waals surface area contributed by atoms with Gasteiger partial charge in [-0.15, -0.1) is 0 Å². The number of carbonyl (C=O) groups excluding carboxylic acids is 2. The number of nitrogens with zero attached hydrogens (tertiary/aromatic N) is 2. The van der Waals surface area contributed by atoms with Crippen LogP contribution in [-0.4, -0.2) is 39.9 Å². The zero-order chi connectivity index (χ0) is 12.3. The molecule has 0 spiro atoms. The first-order valence-electron chi connectivity index (χ1n) is 5.51. The maximum Gasteiger partial charge on any atom is 0.314 e. The molecule has 1 saturated heterocycles. The van der Waals surface area contributed by atoms with E-state index in [2.05, 4.69) is 15.3 Å². The monoisotopic (exact) mass is 237 g/mol. The molecule has 17 heavy (non-hydrogen) atoms. The number of primary amides is 1. The lowest BCUT2D eigenvalue weighted by Gasteiger charge is -2.30. The molecule has 0 saturated carbocycles. The Morgan fingerprint density at radius 2 is 2.41 bits per heavy atom. The van der Waals surface area contributed by atoms with E-state index < -0.39 is 6.03 Å². The second-order valence-electron chi connectivity index (χ2n) is 4.05. The van der Waals surface area contributed by atoms with Gasteiger partial charge in [-0.3, -0.25) is 10.1 Å². The van der Waals surface area contributed by atoms with Crippen LogP contribution in [0.1, 0.15) is 12.8 Å². The molecule has 1 atom stereocenters. The number of nitrogens with one attached hydrogen (secondary N) is 2. The summed E-state index contributed by atoms with van der Waals surface area (Å²) in [6.07, 6.45) is 4.74. The van der Waals surface area contributed by atoms with Crippen molar-refractivity contribution >= 4 is 17.9 Å². The van der Waals surface area contributed by atoms with E-state index in [0.717, 1.165) is 12.8 Å². The molecule has 1 aliphatic heterocycles. The number of H-pyrrole nitrogens is 1. The molecule has 0 aliphatic carbocycles. The molecule has 1 aromatic heterocycles. The average molecular weight is 237 g/mol. The summed E-state index contributed by atoms with van der Waals surface area (Å²) >= 11 is 0. The molecule has 0 radical (unpaired) electrons. The third-order valence-corrected chi connectivity index (χ3v) is 2.84. The molecular weight excluding hydrogens is 222 g/mol. The standard InChI is InChI=1S/C10H15N5O2/c11-9(17)15-5-1-2-7(6-15)8(16)14-10-12-3-4-13-10/h3-4,7H,1-2,5-6H2,(H2,11,17)(H2,12,13,14,16). The van der Waals surface area contributed by atoms with Gasteiger partial charge in [0, 0.05) is 25.5 Å². The molecule has 2 heterocycles. The largest absolute Gasteiger partial charge is 0.351 e. The second kappa shape index (κ2) is 4.86. The summed E-state index contributed by atoms with van der Waals surface area (Å²) in [5, 5.41) is 2.67. The van der Waals surface area contributed by atoms with Crippen molar-refractivity contribution in [3.63, 3.8) is 0 Å². The van der Waals surface area contributed by atoms with Crippen LogP contribution in [0.2, 0.25) is 0 Å². The van der Waals surface area contributed by atoms with E-state index in [1.54, 1.807) is 12.4 Å². The summed E-state index contributed by atoms with van der Waals surface area (Å²) in [6.45, 7) is 1.00. The number of hydrogen-bond acceptors (Lipinski definition) is 3. The van der Waals surface area contributed by atoms with E-state index in [1.165, 1.54) is 4.90 Å². The van der Waals surface area contributed by atoms with Gasteiger partial charge in [0.15, 0.2) is 0 Å². The number of piperidine rings is 1.